The van der Waals surface area contributed by atoms with E-state index in [0.717, 1.165) is 43.1 Å². The average Bonchev–Trinajstić information content (AvgIpc) is 3.04. The fraction of sp³-hybridized carbons (Fsp3) is 0.375. The lowest BCUT2D eigenvalue weighted by Gasteiger charge is -2.36. The van der Waals surface area contributed by atoms with E-state index in [-0.39, 0.29) is 11.6 Å². The van der Waals surface area contributed by atoms with Crippen molar-refractivity contribution in [3.05, 3.63) is 52.6 Å². The lowest BCUT2D eigenvalue weighted by molar-refractivity contribution is 0.461. The summed E-state index contributed by atoms with van der Waals surface area (Å²) in [5.41, 5.74) is 0.834. The zero-order valence-corrected chi connectivity index (χ0v) is 12.9. The smallest absolute Gasteiger partial charge is 0.259 e. The van der Waals surface area contributed by atoms with Crippen LogP contribution in [0.25, 0.3) is 5.78 Å². The summed E-state index contributed by atoms with van der Waals surface area (Å²) in [4.78, 5) is 30.7. The molecular formula is C16H18N6O. The van der Waals surface area contributed by atoms with E-state index in [4.69, 9.17) is 0 Å². The number of anilines is 1. The molecule has 0 radical (unpaired) electrons. The van der Waals surface area contributed by atoms with Crippen LogP contribution in [-0.4, -0.2) is 30.9 Å². The van der Waals surface area contributed by atoms with Crippen LogP contribution in [0.1, 0.15) is 36.8 Å². The standard InChI is InChI=1S/C16H18N6O/c1-11-17-6-5-14(19-11)21-8-3-2-4-13(21)12-10-15(23)22-9-7-18-16(22)20-12/h5-7,9-10,13H,2-4,8H2,1H3,(H,18,20)/t13-/m1/s1. The minimum absolute atomic E-state index is 0.0596. The Morgan fingerprint density at radius 3 is 3.04 bits per heavy atom. The number of hydrogen-bond donors (Lipinski definition) is 1. The van der Waals surface area contributed by atoms with Crippen molar-refractivity contribution in [2.24, 2.45) is 0 Å². The Morgan fingerprint density at radius 1 is 1.26 bits per heavy atom. The van der Waals surface area contributed by atoms with Crippen molar-refractivity contribution in [2.45, 2.75) is 32.2 Å². The summed E-state index contributed by atoms with van der Waals surface area (Å²) in [7, 11) is 0. The Hall–Kier alpha value is -2.70. The molecule has 4 rings (SSSR count). The number of rotatable bonds is 2. The first-order valence-corrected chi connectivity index (χ1v) is 7.85. The fourth-order valence-corrected chi connectivity index (χ4v) is 3.25. The van der Waals surface area contributed by atoms with Gasteiger partial charge in [0.25, 0.3) is 5.56 Å². The van der Waals surface area contributed by atoms with Crippen LogP contribution >= 0.6 is 0 Å². The maximum Gasteiger partial charge on any atom is 0.259 e. The van der Waals surface area contributed by atoms with Gasteiger partial charge >= 0.3 is 0 Å². The van der Waals surface area contributed by atoms with Gasteiger partial charge < -0.3 is 9.88 Å². The van der Waals surface area contributed by atoms with Gasteiger partial charge in [0, 0.05) is 36.9 Å². The van der Waals surface area contributed by atoms with Crippen LogP contribution in [0.4, 0.5) is 5.82 Å². The number of aromatic nitrogens is 5. The summed E-state index contributed by atoms with van der Waals surface area (Å²) in [6.45, 7) is 2.81. The molecule has 1 N–H and O–H groups in total. The molecule has 3 aromatic rings. The SMILES string of the molecule is Cc1nccc(N2CCCC[C@@H]2c2cc(=O)n3ccnc3[nH]2)n1. The topological polar surface area (TPSA) is 79.2 Å². The average molecular weight is 310 g/mol. The first-order valence-electron chi connectivity index (χ1n) is 7.85. The molecule has 23 heavy (non-hydrogen) atoms. The number of aromatic amines is 1. The summed E-state index contributed by atoms with van der Waals surface area (Å²) in [5, 5.41) is 0. The summed E-state index contributed by atoms with van der Waals surface area (Å²) in [5.74, 6) is 2.24. The normalized spacial score (nSPS) is 18.5. The number of nitrogens with zero attached hydrogens (tertiary/aromatic N) is 5. The van der Waals surface area contributed by atoms with E-state index in [1.165, 1.54) is 4.40 Å². The molecule has 0 amide bonds. The molecule has 0 spiro atoms. The molecule has 118 valence electrons. The molecule has 3 aromatic heterocycles. The third-order valence-electron chi connectivity index (χ3n) is 4.33. The molecule has 1 aliphatic rings. The minimum atomic E-state index is -0.0596. The lowest BCUT2D eigenvalue weighted by Crippen LogP contribution is -2.35. The molecule has 1 saturated heterocycles. The van der Waals surface area contributed by atoms with Gasteiger partial charge in [0.2, 0.25) is 5.78 Å². The Balaban J connectivity index is 1.78. The van der Waals surface area contributed by atoms with Crippen LogP contribution in [0.5, 0.6) is 0 Å². The molecule has 7 heteroatoms. The van der Waals surface area contributed by atoms with Crippen LogP contribution in [0, 0.1) is 6.92 Å². The first kappa shape index (κ1) is 13.9. The van der Waals surface area contributed by atoms with Gasteiger partial charge in [-0.2, -0.15) is 0 Å². The second kappa shape index (κ2) is 5.49. The summed E-state index contributed by atoms with van der Waals surface area (Å²) in [6, 6.07) is 3.70. The molecule has 0 saturated carbocycles. The zero-order chi connectivity index (χ0) is 15.8. The highest BCUT2D eigenvalue weighted by atomic mass is 16.1. The van der Waals surface area contributed by atoms with Gasteiger partial charge in [-0.15, -0.1) is 0 Å². The van der Waals surface area contributed by atoms with Gasteiger partial charge in [0.1, 0.15) is 11.6 Å². The Morgan fingerprint density at radius 2 is 2.17 bits per heavy atom. The molecule has 4 heterocycles. The van der Waals surface area contributed by atoms with Crippen LogP contribution in [0.3, 0.4) is 0 Å². The van der Waals surface area contributed by atoms with Gasteiger partial charge in [-0.1, -0.05) is 0 Å². The van der Waals surface area contributed by atoms with E-state index in [0.29, 0.717) is 5.78 Å². The van der Waals surface area contributed by atoms with Gasteiger partial charge in [-0.05, 0) is 32.3 Å². The molecule has 0 aromatic carbocycles. The molecule has 1 aliphatic heterocycles. The van der Waals surface area contributed by atoms with Crippen molar-refractivity contribution >= 4 is 11.6 Å². The van der Waals surface area contributed by atoms with Gasteiger partial charge in [-0.3, -0.25) is 9.20 Å². The van der Waals surface area contributed by atoms with Crippen molar-refractivity contribution in [1.29, 1.82) is 0 Å². The summed E-state index contributed by atoms with van der Waals surface area (Å²) < 4.78 is 1.52. The Kier molecular flexibility index (Phi) is 3.33. The van der Waals surface area contributed by atoms with Crippen molar-refractivity contribution in [3.8, 4) is 0 Å². The van der Waals surface area contributed by atoms with Crippen molar-refractivity contribution in [3.63, 3.8) is 0 Å². The third kappa shape index (κ3) is 2.48. The number of fused-ring (bicyclic) bond motifs is 1. The van der Waals surface area contributed by atoms with Crippen LogP contribution in [0.15, 0.2) is 35.5 Å². The molecule has 7 nitrogen and oxygen atoms in total. The van der Waals surface area contributed by atoms with E-state index in [1.807, 2.05) is 13.0 Å². The van der Waals surface area contributed by atoms with Gasteiger partial charge in [0.05, 0.1) is 6.04 Å². The number of piperidine rings is 1. The van der Waals surface area contributed by atoms with E-state index in [2.05, 4.69) is 24.8 Å². The van der Waals surface area contributed by atoms with Crippen LogP contribution < -0.4 is 10.5 Å². The number of H-pyrrole nitrogens is 1. The minimum Gasteiger partial charge on any atom is -0.348 e. The molecule has 0 bridgehead atoms. The largest absolute Gasteiger partial charge is 0.348 e. The van der Waals surface area contributed by atoms with Crippen LogP contribution in [0.2, 0.25) is 0 Å². The van der Waals surface area contributed by atoms with Gasteiger partial charge in [-0.25, -0.2) is 15.0 Å². The van der Waals surface area contributed by atoms with Crippen molar-refractivity contribution in [2.75, 3.05) is 11.4 Å². The first-order chi connectivity index (χ1) is 11.2. The zero-order valence-electron chi connectivity index (χ0n) is 12.9. The monoisotopic (exact) mass is 310 g/mol. The van der Waals surface area contributed by atoms with Gasteiger partial charge in [0.15, 0.2) is 0 Å². The van der Waals surface area contributed by atoms with E-state index in [9.17, 15) is 4.79 Å². The number of nitrogens with one attached hydrogen (secondary N) is 1. The second-order valence-corrected chi connectivity index (χ2v) is 5.85. The third-order valence-corrected chi connectivity index (χ3v) is 4.33. The highest BCUT2D eigenvalue weighted by Gasteiger charge is 2.26. The maximum atomic E-state index is 12.3. The maximum absolute atomic E-state index is 12.3. The Labute approximate surface area is 133 Å². The van der Waals surface area contributed by atoms with E-state index >= 15 is 0 Å². The molecular weight excluding hydrogens is 292 g/mol. The summed E-state index contributed by atoms with van der Waals surface area (Å²) >= 11 is 0. The molecule has 0 aliphatic carbocycles. The predicted molar refractivity (Wildman–Crippen MR) is 86.5 cm³/mol. The molecule has 1 fully saturated rings. The summed E-state index contributed by atoms with van der Waals surface area (Å²) in [6.07, 6.45) is 8.32. The van der Waals surface area contributed by atoms with Crippen molar-refractivity contribution < 1.29 is 0 Å². The predicted octanol–water partition coefficient (Wildman–Crippen LogP) is 1.85. The lowest BCUT2D eigenvalue weighted by atomic mass is 9.99. The highest BCUT2D eigenvalue weighted by molar-refractivity contribution is 5.42. The quantitative estimate of drug-likeness (QED) is 0.781. The van der Waals surface area contributed by atoms with Crippen molar-refractivity contribution in [1.82, 2.24) is 24.3 Å². The number of imidazole rings is 1. The number of hydrogen-bond acceptors (Lipinski definition) is 5. The highest BCUT2D eigenvalue weighted by Crippen LogP contribution is 2.32. The fourth-order valence-electron chi connectivity index (χ4n) is 3.25. The second-order valence-electron chi connectivity index (χ2n) is 5.85. The van der Waals surface area contributed by atoms with E-state index in [1.54, 1.807) is 24.7 Å². The Bertz CT molecular complexity index is 899. The number of aryl methyl sites for hydroxylation is 1. The van der Waals surface area contributed by atoms with E-state index < -0.39 is 0 Å². The molecule has 0 unspecified atom stereocenters. The molecule has 1 atom stereocenters. The van der Waals surface area contributed by atoms with Crippen LogP contribution in [-0.2, 0) is 0 Å².